The molecule has 1 rings (SSSR count). The van der Waals surface area contributed by atoms with Crippen molar-refractivity contribution in [3.8, 4) is 0 Å². The third-order valence-corrected chi connectivity index (χ3v) is 4.79. The highest BCUT2D eigenvalue weighted by molar-refractivity contribution is 7.94. The summed E-state index contributed by atoms with van der Waals surface area (Å²) in [6, 6.07) is 2.72. The quantitative estimate of drug-likeness (QED) is 0.589. The number of amidine groups is 1. The average Bonchev–Trinajstić information content (AvgIpc) is 2.25. The SMILES string of the molecule is CC(C)(C)S(=O)(=O)Nc1ccc(C(=N)N)c(C(F)(F)F)c1. The van der Waals surface area contributed by atoms with Crippen molar-refractivity contribution in [2.45, 2.75) is 31.7 Å². The molecule has 1 aromatic carbocycles. The van der Waals surface area contributed by atoms with Crippen LogP contribution in [0.3, 0.4) is 0 Å². The van der Waals surface area contributed by atoms with Gasteiger partial charge >= 0.3 is 6.18 Å². The van der Waals surface area contributed by atoms with Crippen molar-refractivity contribution in [2.24, 2.45) is 5.73 Å². The van der Waals surface area contributed by atoms with E-state index < -0.39 is 37.9 Å². The molecule has 0 aliphatic rings. The molecule has 0 aliphatic heterocycles. The fourth-order valence-corrected chi connectivity index (χ4v) is 2.13. The maximum Gasteiger partial charge on any atom is 0.417 e. The van der Waals surface area contributed by atoms with E-state index in [0.717, 1.165) is 12.1 Å². The summed E-state index contributed by atoms with van der Waals surface area (Å²) >= 11 is 0. The Morgan fingerprint density at radius 3 is 2.14 bits per heavy atom. The van der Waals surface area contributed by atoms with Crippen LogP contribution in [0.4, 0.5) is 18.9 Å². The minimum atomic E-state index is -4.75. The van der Waals surface area contributed by atoms with E-state index in [1.165, 1.54) is 20.8 Å². The predicted molar refractivity (Wildman–Crippen MR) is 74.8 cm³/mol. The first-order valence-electron chi connectivity index (χ1n) is 5.84. The zero-order valence-corrected chi connectivity index (χ0v) is 12.5. The molecule has 0 bridgehead atoms. The molecule has 9 heteroatoms. The third kappa shape index (κ3) is 3.87. The van der Waals surface area contributed by atoms with E-state index in [4.69, 9.17) is 11.1 Å². The minimum Gasteiger partial charge on any atom is -0.384 e. The first-order valence-corrected chi connectivity index (χ1v) is 7.32. The molecule has 4 N–H and O–H groups in total. The van der Waals surface area contributed by atoms with Gasteiger partial charge in [-0.2, -0.15) is 13.2 Å². The van der Waals surface area contributed by atoms with E-state index in [2.05, 4.69) is 4.72 Å². The number of halogens is 3. The van der Waals surface area contributed by atoms with Crippen LogP contribution < -0.4 is 10.5 Å². The third-order valence-electron chi connectivity index (χ3n) is 2.67. The zero-order chi connectivity index (χ0) is 16.6. The number of nitrogen functional groups attached to an aromatic ring is 1. The van der Waals surface area contributed by atoms with Crippen molar-refractivity contribution >= 4 is 21.5 Å². The van der Waals surface area contributed by atoms with Crippen LogP contribution >= 0.6 is 0 Å². The largest absolute Gasteiger partial charge is 0.417 e. The van der Waals surface area contributed by atoms with E-state index in [-0.39, 0.29) is 5.69 Å². The van der Waals surface area contributed by atoms with Crippen molar-refractivity contribution in [3.05, 3.63) is 29.3 Å². The van der Waals surface area contributed by atoms with Crippen molar-refractivity contribution in [1.82, 2.24) is 0 Å². The van der Waals surface area contributed by atoms with E-state index in [1.807, 2.05) is 0 Å². The molecule has 5 nitrogen and oxygen atoms in total. The molecular formula is C12H16F3N3O2S. The number of nitrogens with one attached hydrogen (secondary N) is 2. The van der Waals surface area contributed by atoms with Crippen LogP contribution in [0.15, 0.2) is 18.2 Å². The van der Waals surface area contributed by atoms with Crippen LogP contribution in [0, 0.1) is 5.41 Å². The zero-order valence-electron chi connectivity index (χ0n) is 11.7. The number of rotatable bonds is 3. The summed E-state index contributed by atoms with van der Waals surface area (Å²) < 4.78 is 63.6. The lowest BCUT2D eigenvalue weighted by molar-refractivity contribution is -0.137. The topological polar surface area (TPSA) is 96.0 Å². The van der Waals surface area contributed by atoms with Crippen molar-refractivity contribution in [3.63, 3.8) is 0 Å². The normalized spacial score (nSPS) is 13.0. The number of sulfonamides is 1. The van der Waals surface area contributed by atoms with Gasteiger partial charge in [-0.15, -0.1) is 0 Å². The van der Waals surface area contributed by atoms with Gasteiger partial charge in [0.1, 0.15) is 5.84 Å². The fourth-order valence-electron chi connectivity index (χ4n) is 1.39. The van der Waals surface area contributed by atoms with Crippen molar-refractivity contribution < 1.29 is 21.6 Å². The summed E-state index contributed by atoms with van der Waals surface area (Å²) in [6.07, 6.45) is -4.75. The molecule has 118 valence electrons. The second kappa shape index (κ2) is 5.21. The molecule has 0 fully saturated rings. The Labute approximate surface area is 120 Å². The first kappa shape index (κ1) is 17.3. The van der Waals surface area contributed by atoms with Crippen LogP contribution in [-0.4, -0.2) is 19.0 Å². The number of nitrogens with two attached hydrogens (primary N) is 1. The van der Waals surface area contributed by atoms with Gasteiger partial charge in [-0.25, -0.2) is 8.42 Å². The lowest BCUT2D eigenvalue weighted by Crippen LogP contribution is -2.33. The Kier molecular flexibility index (Phi) is 4.29. The molecule has 0 aromatic heterocycles. The lowest BCUT2D eigenvalue weighted by Gasteiger charge is -2.21. The Morgan fingerprint density at radius 1 is 1.24 bits per heavy atom. The van der Waals surface area contributed by atoms with Gasteiger partial charge in [0.25, 0.3) is 0 Å². The molecule has 0 aliphatic carbocycles. The second-order valence-corrected chi connectivity index (χ2v) is 7.83. The van der Waals surface area contributed by atoms with Gasteiger partial charge in [-0.3, -0.25) is 10.1 Å². The number of hydrogen-bond donors (Lipinski definition) is 3. The van der Waals surface area contributed by atoms with E-state index >= 15 is 0 Å². The van der Waals surface area contributed by atoms with Crippen LogP contribution in [0.2, 0.25) is 0 Å². The van der Waals surface area contributed by atoms with Gasteiger partial charge in [0.2, 0.25) is 10.0 Å². The molecule has 0 atom stereocenters. The van der Waals surface area contributed by atoms with Gasteiger partial charge < -0.3 is 5.73 Å². The first-order chi connectivity index (χ1) is 9.25. The monoisotopic (exact) mass is 323 g/mol. The number of alkyl halides is 3. The number of hydrogen-bond acceptors (Lipinski definition) is 3. The van der Waals surface area contributed by atoms with Crippen molar-refractivity contribution in [1.29, 1.82) is 5.41 Å². The van der Waals surface area contributed by atoms with Crippen molar-refractivity contribution in [2.75, 3.05) is 4.72 Å². The average molecular weight is 323 g/mol. The molecule has 0 saturated carbocycles. The summed E-state index contributed by atoms with van der Waals surface area (Å²) in [5.74, 6) is -0.743. The molecule has 21 heavy (non-hydrogen) atoms. The predicted octanol–water partition coefficient (Wildman–Crippen LogP) is 2.53. The van der Waals surface area contributed by atoms with Gasteiger partial charge in [0.15, 0.2) is 0 Å². The lowest BCUT2D eigenvalue weighted by atomic mass is 10.1. The highest BCUT2D eigenvalue weighted by Gasteiger charge is 2.35. The smallest absolute Gasteiger partial charge is 0.384 e. The summed E-state index contributed by atoms with van der Waals surface area (Å²) in [7, 11) is -3.85. The molecule has 0 heterocycles. The van der Waals surface area contributed by atoms with Gasteiger partial charge in [-0.1, -0.05) is 0 Å². The summed E-state index contributed by atoms with van der Waals surface area (Å²) in [4.78, 5) is 0. The molecular weight excluding hydrogens is 307 g/mol. The molecule has 0 amide bonds. The Balaban J connectivity index is 3.34. The summed E-state index contributed by atoms with van der Waals surface area (Å²) in [5.41, 5.74) is 3.21. The fraction of sp³-hybridized carbons (Fsp3) is 0.417. The Bertz CT molecular complexity index is 661. The molecule has 1 aromatic rings. The van der Waals surface area contributed by atoms with Gasteiger partial charge in [0, 0.05) is 11.3 Å². The Morgan fingerprint density at radius 2 is 1.76 bits per heavy atom. The number of anilines is 1. The highest BCUT2D eigenvalue weighted by atomic mass is 32.2. The Hall–Kier alpha value is -1.77. The highest BCUT2D eigenvalue weighted by Crippen LogP contribution is 2.34. The molecule has 0 saturated heterocycles. The molecule has 0 unspecified atom stereocenters. The maximum absolute atomic E-state index is 12.9. The van der Waals surface area contributed by atoms with E-state index in [0.29, 0.717) is 6.07 Å². The summed E-state index contributed by atoms with van der Waals surface area (Å²) in [5, 5.41) is 7.14. The van der Waals surface area contributed by atoms with E-state index in [9.17, 15) is 21.6 Å². The maximum atomic E-state index is 12.9. The summed E-state index contributed by atoms with van der Waals surface area (Å²) in [6.45, 7) is 4.26. The van der Waals surface area contributed by atoms with Crippen LogP contribution in [0.1, 0.15) is 31.9 Å². The number of benzene rings is 1. The van der Waals surface area contributed by atoms with Gasteiger partial charge in [-0.05, 0) is 39.0 Å². The second-order valence-electron chi connectivity index (χ2n) is 5.39. The standard InChI is InChI=1S/C12H16F3N3O2S/c1-11(2,3)21(19,20)18-7-4-5-8(10(16)17)9(6-7)12(13,14)15/h4-6,18H,1-3H3,(H3,16,17). The van der Waals surface area contributed by atoms with Crippen LogP contribution in [0.5, 0.6) is 0 Å². The molecule has 0 radical (unpaired) electrons. The van der Waals surface area contributed by atoms with Gasteiger partial charge in [0.05, 0.1) is 10.3 Å². The minimum absolute atomic E-state index is 0.234. The van der Waals surface area contributed by atoms with Crippen LogP contribution in [-0.2, 0) is 16.2 Å². The van der Waals surface area contributed by atoms with Crippen LogP contribution in [0.25, 0.3) is 0 Å². The molecule has 0 spiro atoms. The van der Waals surface area contributed by atoms with E-state index in [1.54, 1.807) is 0 Å².